The lowest BCUT2D eigenvalue weighted by atomic mass is 10.2. The molecule has 0 aliphatic carbocycles. The smallest absolute Gasteiger partial charge is 0.326 e. The molecule has 0 bridgehead atoms. The van der Waals surface area contributed by atoms with Crippen molar-refractivity contribution in [1.82, 2.24) is 20.0 Å². The number of rotatable bonds is 8. The Balaban J connectivity index is 1.97. The van der Waals surface area contributed by atoms with Crippen LogP contribution in [0.5, 0.6) is 0 Å². The minimum Gasteiger partial charge on any atom is -0.480 e. The van der Waals surface area contributed by atoms with Gasteiger partial charge in [0.2, 0.25) is 0 Å². The van der Waals surface area contributed by atoms with Crippen LogP contribution in [0.25, 0.3) is 5.69 Å². The van der Waals surface area contributed by atoms with Crippen molar-refractivity contribution in [3.8, 4) is 5.69 Å². The molecule has 2 amide bonds. The zero-order chi connectivity index (χ0) is 19.1. The molecule has 0 saturated carbocycles. The van der Waals surface area contributed by atoms with Gasteiger partial charge < -0.3 is 15.3 Å². The third kappa shape index (κ3) is 5.52. The fraction of sp³-hybridized carbons (Fsp3) is 0.389. The standard InChI is InChI=1S/C18H24N4O3S/c1-13-5-4-6-15(9-13)22-12-14(10-19-22)11-21(2)18(25)20-16(17(23)24)7-8-26-3/h4-6,9-10,12,16H,7-8,11H2,1-3H3,(H,20,25)(H,23,24)/t16-/m1/s1. The van der Waals surface area contributed by atoms with Gasteiger partial charge in [0.25, 0.3) is 0 Å². The van der Waals surface area contributed by atoms with Gasteiger partial charge in [-0.05, 0) is 43.0 Å². The first-order chi connectivity index (χ1) is 12.4. The first-order valence-electron chi connectivity index (χ1n) is 8.24. The van der Waals surface area contributed by atoms with Crippen LogP contribution in [-0.2, 0) is 11.3 Å². The molecule has 0 fully saturated rings. The number of benzene rings is 1. The minimum atomic E-state index is -1.02. The van der Waals surface area contributed by atoms with Crippen LogP contribution in [-0.4, -0.2) is 56.9 Å². The van der Waals surface area contributed by atoms with Gasteiger partial charge in [0.05, 0.1) is 18.4 Å². The zero-order valence-corrected chi connectivity index (χ0v) is 16.0. The number of nitrogens with zero attached hydrogens (tertiary/aromatic N) is 3. The number of aliphatic carboxylic acids is 1. The van der Waals surface area contributed by atoms with Crippen molar-refractivity contribution in [1.29, 1.82) is 0 Å². The second-order valence-corrected chi connectivity index (χ2v) is 7.10. The monoisotopic (exact) mass is 376 g/mol. The van der Waals surface area contributed by atoms with Crippen molar-refractivity contribution in [3.63, 3.8) is 0 Å². The molecule has 2 aromatic rings. The van der Waals surface area contributed by atoms with E-state index < -0.39 is 18.0 Å². The number of hydrogen-bond donors (Lipinski definition) is 2. The maximum atomic E-state index is 12.3. The fourth-order valence-corrected chi connectivity index (χ4v) is 2.92. The summed E-state index contributed by atoms with van der Waals surface area (Å²) in [5.41, 5.74) is 2.95. The molecule has 26 heavy (non-hydrogen) atoms. The van der Waals surface area contributed by atoms with Gasteiger partial charge in [0, 0.05) is 18.8 Å². The number of nitrogens with one attached hydrogen (secondary N) is 1. The Morgan fingerprint density at radius 2 is 2.19 bits per heavy atom. The second-order valence-electron chi connectivity index (χ2n) is 6.11. The molecule has 0 saturated heterocycles. The van der Waals surface area contributed by atoms with Crippen LogP contribution in [0.1, 0.15) is 17.5 Å². The number of carbonyl (C=O) groups excluding carboxylic acids is 1. The van der Waals surface area contributed by atoms with Crippen LogP contribution >= 0.6 is 11.8 Å². The summed E-state index contributed by atoms with van der Waals surface area (Å²) in [4.78, 5) is 25.0. The van der Waals surface area contributed by atoms with Gasteiger partial charge in [-0.1, -0.05) is 12.1 Å². The molecule has 7 nitrogen and oxygen atoms in total. The van der Waals surface area contributed by atoms with E-state index in [0.29, 0.717) is 18.7 Å². The summed E-state index contributed by atoms with van der Waals surface area (Å²) in [5.74, 6) is -0.349. The number of aryl methyl sites for hydroxylation is 1. The van der Waals surface area contributed by atoms with Crippen LogP contribution in [0.4, 0.5) is 4.79 Å². The highest BCUT2D eigenvalue weighted by atomic mass is 32.2. The number of urea groups is 1. The van der Waals surface area contributed by atoms with Gasteiger partial charge in [0.1, 0.15) is 6.04 Å². The van der Waals surface area contributed by atoms with E-state index in [-0.39, 0.29) is 0 Å². The highest BCUT2D eigenvalue weighted by Crippen LogP contribution is 2.11. The van der Waals surface area contributed by atoms with Gasteiger partial charge >= 0.3 is 12.0 Å². The van der Waals surface area contributed by atoms with Crippen LogP contribution in [0, 0.1) is 6.92 Å². The number of carbonyl (C=O) groups is 2. The second kappa shape index (κ2) is 9.28. The highest BCUT2D eigenvalue weighted by molar-refractivity contribution is 7.98. The van der Waals surface area contributed by atoms with Crippen LogP contribution in [0.2, 0.25) is 0 Å². The van der Waals surface area contributed by atoms with Crippen LogP contribution in [0.3, 0.4) is 0 Å². The van der Waals surface area contributed by atoms with Crippen LogP contribution in [0.15, 0.2) is 36.7 Å². The molecule has 1 aromatic carbocycles. The van der Waals surface area contributed by atoms with Gasteiger partial charge in [-0.25, -0.2) is 14.3 Å². The van der Waals surface area contributed by atoms with E-state index in [0.717, 1.165) is 16.8 Å². The predicted octanol–water partition coefficient (Wildman–Crippen LogP) is 2.53. The number of thioether (sulfide) groups is 1. The summed E-state index contributed by atoms with van der Waals surface area (Å²) < 4.78 is 1.76. The summed E-state index contributed by atoms with van der Waals surface area (Å²) in [6.45, 7) is 2.36. The van der Waals surface area contributed by atoms with Crippen LogP contribution < -0.4 is 5.32 Å². The quantitative estimate of drug-likeness (QED) is 0.739. The largest absolute Gasteiger partial charge is 0.480 e. The highest BCUT2D eigenvalue weighted by Gasteiger charge is 2.21. The molecule has 0 unspecified atom stereocenters. The Morgan fingerprint density at radius 1 is 1.42 bits per heavy atom. The fourth-order valence-electron chi connectivity index (χ4n) is 2.45. The maximum absolute atomic E-state index is 12.3. The number of aromatic nitrogens is 2. The molecule has 140 valence electrons. The average molecular weight is 376 g/mol. The van der Waals surface area contributed by atoms with E-state index in [1.54, 1.807) is 29.7 Å². The SMILES string of the molecule is CSCC[C@@H](NC(=O)N(C)Cc1cnn(-c2cccc(C)c2)c1)C(=O)O. The Morgan fingerprint density at radius 3 is 2.85 bits per heavy atom. The normalized spacial score (nSPS) is 11.8. The van der Waals surface area contributed by atoms with E-state index in [4.69, 9.17) is 0 Å². The van der Waals surface area contributed by atoms with E-state index in [1.165, 1.54) is 4.90 Å². The van der Waals surface area contributed by atoms with Gasteiger partial charge in [-0.15, -0.1) is 0 Å². The Bertz CT molecular complexity index is 762. The number of carboxylic acid groups (broad SMARTS) is 1. The summed E-state index contributed by atoms with van der Waals surface area (Å²) in [5, 5.41) is 16.1. The lowest BCUT2D eigenvalue weighted by molar-refractivity contribution is -0.139. The summed E-state index contributed by atoms with van der Waals surface area (Å²) in [6.07, 6.45) is 5.86. The number of hydrogen-bond acceptors (Lipinski definition) is 4. The lowest BCUT2D eigenvalue weighted by Gasteiger charge is -2.20. The predicted molar refractivity (Wildman–Crippen MR) is 103 cm³/mol. The minimum absolute atomic E-state index is 0.340. The van der Waals surface area contributed by atoms with E-state index >= 15 is 0 Å². The molecule has 2 N–H and O–H groups in total. The van der Waals surface area contributed by atoms with Crippen molar-refractivity contribution in [2.24, 2.45) is 0 Å². The molecule has 8 heteroatoms. The van der Waals surface area contributed by atoms with E-state index in [9.17, 15) is 14.7 Å². The Kier molecular flexibility index (Phi) is 7.08. The van der Waals surface area contributed by atoms with Crippen molar-refractivity contribution in [3.05, 3.63) is 47.8 Å². The average Bonchev–Trinajstić information content (AvgIpc) is 3.06. The lowest BCUT2D eigenvalue weighted by Crippen LogP contribution is -2.46. The summed E-state index contributed by atoms with van der Waals surface area (Å²) in [7, 11) is 1.63. The third-order valence-electron chi connectivity index (χ3n) is 3.88. The molecule has 2 rings (SSSR count). The molecule has 0 radical (unpaired) electrons. The molecule has 1 aromatic heterocycles. The zero-order valence-electron chi connectivity index (χ0n) is 15.2. The summed E-state index contributed by atoms with van der Waals surface area (Å²) in [6, 6.07) is 6.67. The van der Waals surface area contributed by atoms with Crippen molar-refractivity contribution in [2.75, 3.05) is 19.1 Å². The first kappa shape index (κ1) is 19.8. The Labute approximate surface area is 157 Å². The summed E-state index contributed by atoms with van der Waals surface area (Å²) >= 11 is 1.55. The molecule has 0 aliphatic heterocycles. The van der Waals surface area contributed by atoms with Crippen molar-refractivity contribution in [2.45, 2.75) is 25.9 Å². The van der Waals surface area contributed by atoms with Crippen molar-refractivity contribution < 1.29 is 14.7 Å². The number of amides is 2. The molecular formula is C18H24N4O3S. The number of carboxylic acids is 1. The molecular weight excluding hydrogens is 352 g/mol. The van der Waals surface area contributed by atoms with E-state index in [1.807, 2.05) is 43.6 Å². The maximum Gasteiger partial charge on any atom is 0.326 e. The van der Waals surface area contributed by atoms with Gasteiger partial charge in [-0.2, -0.15) is 16.9 Å². The first-order valence-corrected chi connectivity index (χ1v) is 9.64. The van der Waals surface area contributed by atoms with Crippen molar-refractivity contribution >= 4 is 23.8 Å². The van der Waals surface area contributed by atoms with Gasteiger partial charge in [0.15, 0.2) is 0 Å². The van der Waals surface area contributed by atoms with E-state index in [2.05, 4.69) is 10.4 Å². The topological polar surface area (TPSA) is 87.5 Å². The molecule has 0 spiro atoms. The Hall–Kier alpha value is -2.48. The van der Waals surface area contributed by atoms with Gasteiger partial charge in [-0.3, -0.25) is 0 Å². The molecule has 1 atom stereocenters. The molecule has 0 aliphatic rings. The molecule has 1 heterocycles. The third-order valence-corrected chi connectivity index (χ3v) is 4.52.